The minimum atomic E-state index is -0.307. The first kappa shape index (κ1) is 23.7. The Bertz CT molecular complexity index is 1390. The number of hydrogen-bond acceptors (Lipinski definition) is 6. The lowest BCUT2D eigenvalue weighted by Crippen LogP contribution is -2.41. The molecule has 1 fully saturated rings. The summed E-state index contributed by atoms with van der Waals surface area (Å²) in [5, 5.41) is 17.7. The van der Waals surface area contributed by atoms with Crippen molar-refractivity contribution >= 4 is 22.6 Å². The molecular weight excluding hydrogens is 459 g/mol. The van der Waals surface area contributed by atoms with Crippen molar-refractivity contribution in [1.29, 1.82) is 0 Å². The summed E-state index contributed by atoms with van der Waals surface area (Å²) in [5.41, 5.74) is 4.04. The smallest absolute Gasteiger partial charge is 0.223 e. The average Bonchev–Trinajstić information content (AvgIpc) is 3.26. The van der Waals surface area contributed by atoms with Crippen LogP contribution in [0.15, 0.2) is 48.5 Å². The van der Waals surface area contributed by atoms with Gasteiger partial charge in [-0.25, -0.2) is 9.07 Å². The van der Waals surface area contributed by atoms with Crippen molar-refractivity contribution in [3.05, 3.63) is 71.3 Å². The van der Waals surface area contributed by atoms with Crippen LogP contribution in [0.3, 0.4) is 0 Å². The van der Waals surface area contributed by atoms with Crippen LogP contribution in [0.5, 0.6) is 5.75 Å². The zero-order valence-electron chi connectivity index (χ0n) is 20.7. The molecule has 5 rings (SSSR count). The Morgan fingerprint density at radius 3 is 2.50 bits per heavy atom. The number of piperidine rings is 1. The number of anilines is 1. The van der Waals surface area contributed by atoms with E-state index in [4.69, 9.17) is 9.84 Å². The van der Waals surface area contributed by atoms with Crippen molar-refractivity contribution in [2.24, 2.45) is 5.92 Å². The van der Waals surface area contributed by atoms with E-state index in [0.717, 1.165) is 39.5 Å². The Morgan fingerprint density at radius 2 is 1.81 bits per heavy atom. The van der Waals surface area contributed by atoms with Gasteiger partial charge in [0.1, 0.15) is 17.1 Å². The zero-order chi connectivity index (χ0) is 25.2. The van der Waals surface area contributed by atoms with Crippen LogP contribution in [0.1, 0.15) is 29.8 Å². The van der Waals surface area contributed by atoms with Gasteiger partial charge in [0, 0.05) is 31.1 Å². The molecule has 186 valence electrons. The van der Waals surface area contributed by atoms with Crippen LogP contribution in [-0.2, 0) is 11.3 Å². The zero-order valence-corrected chi connectivity index (χ0v) is 20.7. The number of fused-ring (bicyclic) bond motifs is 1. The molecular formula is C27H29FN6O2. The number of carbonyl (C=O) groups is 1. The molecule has 2 aromatic heterocycles. The molecule has 0 bridgehead atoms. The first-order valence-electron chi connectivity index (χ1n) is 12.1. The summed E-state index contributed by atoms with van der Waals surface area (Å²) in [6.07, 6.45) is 1.36. The van der Waals surface area contributed by atoms with E-state index in [1.807, 2.05) is 42.8 Å². The standard InChI is InChI=1S/C27H29FN6O2/c1-17-24-18(2)34(21-8-10-22(36-3)11-9-21)32-25(24)26(31-30-17)33-14-12-19(13-15-33)27(35)29-16-20-6-4-5-7-23(20)28/h4-11,19H,12-16H2,1-3H3,(H,29,35). The number of rotatable bonds is 6. The highest BCUT2D eigenvalue weighted by molar-refractivity contribution is 5.92. The van der Waals surface area contributed by atoms with E-state index in [-0.39, 0.29) is 24.2 Å². The molecule has 1 aliphatic heterocycles. The van der Waals surface area contributed by atoms with Crippen molar-refractivity contribution in [3.63, 3.8) is 0 Å². The number of nitrogens with one attached hydrogen (secondary N) is 1. The van der Waals surface area contributed by atoms with Crippen LogP contribution in [0.2, 0.25) is 0 Å². The highest BCUT2D eigenvalue weighted by atomic mass is 19.1. The van der Waals surface area contributed by atoms with Crippen molar-refractivity contribution in [1.82, 2.24) is 25.3 Å². The van der Waals surface area contributed by atoms with E-state index in [2.05, 4.69) is 20.4 Å². The van der Waals surface area contributed by atoms with Gasteiger partial charge in [-0.3, -0.25) is 4.79 Å². The maximum Gasteiger partial charge on any atom is 0.223 e. The fourth-order valence-corrected chi connectivity index (χ4v) is 4.82. The van der Waals surface area contributed by atoms with Crippen LogP contribution >= 0.6 is 0 Å². The van der Waals surface area contributed by atoms with Gasteiger partial charge in [-0.05, 0) is 57.0 Å². The molecule has 0 saturated carbocycles. The number of amides is 1. The molecule has 2 aromatic carbocycles. The van der Waals surface area contributed by atoms with Gasteiger partial charge in [-0.2, -0.15) is 10.2 Å². The van der Waals surface area contributed by atoms with Crippen molar-refractivity contribution in [3.8, 4) is 11.4 Å². The molecule has 0 atom stereocenters. The summed E-state index contributed by atoms with van der Waals surface area (Å²) < 4.78 is 21.1. The number of aryl methyl sites for hydroxylation is 2. The number of aromatic nitrogens is 4. The quantitative estimate of drug-likeness (QED) is 0.440. The third-order valence-electron chi connectivity index (χ3n) is 6.88. The van der Waals surface area contributed by atoms with Crippen molar-refractivity contribution in [2.45, 2.75) is 33.2 Å². The van der Waals surface area contributed by atoms with Crippen LogP contribution < -0.4 is 15.0 Å². The second kappa shape index (κ2) is 9.93. The van der Waals surface area contributed by atoms with E-state index >= 15 is 0 Å². The lowest BCUT2D eigenvalue weighted by molar-refractivity contribution is -0.125. The Kier molecular flexibility index (Phi) is 6.54. The monoisotopic (exact) mass is 488 g/mol. The summed E-state index contributed by atoms with van der Waals surface area (Å²) in [6, 6.07) is 14.3. The maximum absolute atomic E-state index is 13.9. The summed E-state index contributed by atoms with van der Waals surface area (Å²) in [6.45, 7) is 5.50. The van der Waals surface area contributed by atoms with E-state index in [9.17, 15) is 9.18 Å². The molecule has 4 aromatic rings. The predicted octanol–water partition coefficient (Wildman–Crippen LogP) is 4.11. The first-order chi connectivity index (χ1) is 17.5. The van der Waals surface area contributed by atoms with Crippen LogP contribution in [0.4, 0.5) is 10.2 Å². The molecule has 8 nitrogen and oxygen atoms in total. The van der Waals surface area contributed by atoms with Crippen LogP contribution in [0.25, 0.3) is 16.6 Å². The van der Waals surface area contributed by atoms with Gasteiger partial charge in [0.15, 0.2) is 5.82 Å². The lowest BCUT2D eigenvalue weighted by atomic mass is 9.95. The summed E-state index contributed by atoms with van der Waals surface area (Å²) in [4.78, 5) is 14.9. The normalized spacial score (nSPS) is 14.3. The fourth-order valence-electron chi connectivity index (χ4n) is 4.82. The van der Waals surface area contributed by atoms with Gasteiger partial charge in [-0.15, -0.1) is 5.10 Å². The fraction of sp³-hybridized carbons (Fsp3) is 0.333. The highest BCUT2D eigenvalue weighted by Gasteiger charge is 2.28. The summed E-state index contributed by atoms with van der Waals surface area (Å²) >= 11 is 0. The van der Waals surface area contributed by atoms with Crippen LogP contribution in [-0.4, -0.2) is 46.1 Å². The number of carbonyl (C=O) groups excluding carboxylic acids is 1. The molecule has 9 heteroatoms. The van der Waals surface area contributed by atoms with Crippen molar-refractivity contribution < 1.29 is 13.9 Å². The largest absolute Gasteiger partial charge is 0.497 e. The molecule has 0 spiro atoms. The van der Waals surface area contributed by atoms with Gasteiger partial charge in [0.05, 0.1) is 29.6 Å². The Balaban J connectivity index is 1.32. The molecule has 1 aliphatic rings. The molecule has 1 amide bonds. The predicted molar refractivity (Wildman–Crippen MR) is 136 cm³/mol. The van der Waals surface area contributed by atoms with Gasteiger partial charge >= 0.3 is 0 Å². The molecule has 0 unspecified atom stereocenters. The first-order valence-corrected chi connectivity index (χ1v) is 12.1. The second-order valence-electron chi connectivity index (χ2n) is 9.10. The van der Waals surface area contributed by atoms with Gasteiger partial charge < -0.3 is 15.0 Å². The number of nitrogens with zero attached hydrogens (tertiary/aromatic N) is 5. The highest BCUT2D eigenvalue weighted by Crippen LogP contribution is 2.32. The average molecular weight is 489 g/mol. The van der Waals surface area contributed by atoms with Crippen molar-refractivity contribution in [2.75, 3.05) is 25.1 Å². The number of ether oxygens (including phenoxy) is 1. The maximum atomic E-state index is 13.9. The number of halogens is 1. The topological polar surface area (TPSA) is 85.2 Å². The van der Waals surface area contributed by atoms with E-state index in [1.54, 1.807) is 25.3 Å². The molecule has 1 saturated heterocycles. The second-order valence-corrected chi connectivity index (χ2v) is 9.10. The number of benzene rings is 2. The van der Waals surface area contributed by atoms with E-state index in [0.29, 0.717) is 31.5 Å². The summed E-state index contributed by atoms with van der Waals surface area (Å²) in [7, 11) is 1.64. The SMILES string of the molecule is COc1ccc(-n2nc3c(N4CCC(C(=O)NCc5ccccc5F)CC4)nnc(C)c3c2C)cc1. The Hall–Kier alpha value is -4.01. The Labute approximate surface area is 209 Å². The van der Waals surface area contributed by atoms with Gasteiger partial charge in [-0.1, -0.05) is 18.2 Å². The van der Waals surface area contributed by atoms with E-state index < -0.39 is 0 Å². The third kappa shape index (κ3) is 4.48. The molecule has 3 heterocycles. The molecule has 36 heavy (non-hydrogen) atoms. The summed E-state index contributed by atoms with van der Waals surface area (Å²) in [5.74, 6) is 1.04. The lowest BCUT2D eigenvalue weighted by Gasteiger charge is -2.32. The number of methoxy groups -OCH3 is 1. The minimum absolute atomic E-state index is 0.0438. The van der Waals surface area contributed by atoms with Crippen LogP contribution in [0, 0.1) is 25.6 Å². The van der Waals surface area contributed by atoms with E-state index in [1.165, 1.54) is 6.07 Å². The molecule has 0 radical (unpaired) electrons. The Morgan fingerprint density at radius 1 is 1.08 bits per heavy atom. The van der Waals surface area contributed by atoms with Gasteiger partial charge in [0.25, 0.3) is 0 Å². The minimum Gasteiger partial charge on any atom is -0.497 e. The van der Waals surface area contributed by atoms with Gasteiger partial charge in [0.2, 0.25) is 5.91 Å². The number of hydrogen-bond donors (Lipinski definition) is 1. The third-order valence-corrected chi connectivity index (χ3v) is 6.88. The molecule has 1 N–H and O–H groups in total. The molecule has 0 aliphatic carbocycles.